The van der Waals surface area contributed by atoms with Crippen molar-refractivity contribution >= 4 is 23.3 Å². The average molecular weight is 414 g/mol. The third kappa shape index (κ3) is 6.01. The number of amides is 3. The van der Waals surface area contributed by atoms with Crippen LogP contribution in [-0.2, 0) is 11.3 Å². The number of benzene rings is 1. The summed E-state index contributed by atoms with van der Waals surface area (Å²) in [5.41, 5.74) is 5.84. The second kappa shape index (κ2) is 9.65. The van der Waals surface area contributed by atoms with Crippen molar-refractivity contribution in [2.24, 2.45) is 5.73 Å². The molecule has 9 heteroatoms. The number of rotatable bonds is 8. The van der Waals surface area contributed by atoms with Gasteiger partial charge in [-0.3, -0.25) is 4.79 Å². The molecule has 3 rings (SSSR count). The lowest BCUT2D eigenvalue weighted by molar-refractivity contribution is -0.121. The Labute approximate surface area is 170 Å². The zero-order valence-corrected chi connectivity index (χ0v) is 16.1. The normalized spacial score (nSPS) is 11.5. The Balaban J connectivity index is 1.63. The number of primary amides is 1. The summed E-state index contributed by atoms with van der Waals surface area (Å²) < 4.78 is 19.0. The van der Waals surface area contributed by atoms with Gasteiger partial charge in [-0.05, 0) is 29.6 Å². The van der Waals surface area contributed by atoms with E-state index in [4.69, 9.17) is 10.5 Å². The Bertz CT molecular complexity index is 981. The molecule has 0 radical (unpaired) electrons. The van der Waals surface area contributed by atoms with Crippen LogP contribution in [0, 0.1) is 5.82 Å². The van der Waals surface area contributed by atoms with E-state index in [-0.39, 0.29) is 24.8 Å². The highest BCUT2D eigenvalue weighted by Crippen LogP contribution is 2.24. The molecule has 2 heterocycles. The summed E-state index contributed by atoms with van der Waals surface area (Å²) in [7, 11) is 0. The number of thiophene rings is 1. The maximum Gasteiger partial charge on any atom is 0.312 e. The summed E-state index contributed by atoms with van der Waals surface area (Å²) in [6, 6.07) is 11.6. The highest BCUT2D eigenvalue weighted by molar-refractivity contribution is 7.10. The Hall–Kier alpha value is -3.46. The second-order valence-corrected chi connectivity index (χ2v) is 7.06. The number of nitrogens with two attached hydrogens (primary N) is 1. The molecule has 0 fully saturated rings. The monoisotopic (exact) mass is 414 g/mol. The number of nitrogens with zero attached hydrogens (tertiary/aromatic N) is 1. The molecular weight excluding hydrogens is 395 g/mol. The molecule has 0 bridgehead atoms. The van der Waals surface area contributed by atoms with Gasteiger partial charge in [0.15, 0.2) is 0 Å². The fourth-order valence-corrected chi connectivity index (χ4v) is 3.41. The van der Waals surface area contributed by atoms with E-state index in [0.717, 1.165) is 4.88 Å². The van der Waals surface area contributed by atoms with Crippen molar-refractivity contribution in [2.75, 3.05) is 0 Å². The maximum absolute atomic E-state index is 13.4. The molecular formula is C20H19FN4O3S. The minimum absolute atomic E-state index is 0.0316. The summed E-state index contributed by atoms with van der Waals surface area (Å²) in [6.07, 6.45) is 1.58. The molecule has 29 heavy (non-hydrogen) atoms. The molecule has 3 amide bonds. The fourth-order valence-electron chi connectivity index (χ4n) is 2.63. The highest BCUT2D eigenvalue weighted by atomic mass is 32.1. The molecule has 1 atom stereocenters. The molecule has 7 nitrogen and oxygen atoms in total. The molecule has 0 saturated carbocycles. The lowest BCUT2D eigenvalue weighted by atomic mass is 10.1. The van der Waals surface area contributed by atoms with Crippen LogP contribution in [0.2, 0.25) is 0 Å². The van der Waals surface area contributed by atoms with E-state index in [1.54, 1.807) is 24.4 Å². The third-order valence-electron chi connectivity index (χ3n) is 3.93. The summed E-state index contributed by atoms with van der Waals surface area (Å²) in [5.74, 6) is -0.129. The molecule has 1 aromatic carbocycles. The van der Waals surface area contributed by atoms with E-state index in [1.807, 2.05) is 17.5 Å². The van der Waals surface area contributed by atoms with E-state index < -0.39 is 17.9 Å². The predicted molar refractivity (Wildman–Crippen MR) is 107 cm³/mol. The van der Waals surface area contributed by atoms with Crippen molar-refractivity contribution in [1.82, 2.24) is 15.6 Å². The first-order chi connectivity index (χ1) is 14.0. The molecule has 150 valence electrons. The van der Waals surface area contributed by atoms with Gasteiger partial charge in [-0.1, -0.05) is 18.2 Å². The number of urea groups is 1. The van der Waals surface area contributed by atoms with Crippen LogP contribution in [0.4, 0.5) is 9.18 Å². The predicted octanol–water partition coefficient (Wildman–Crippen LogP) is 3.49. The number of halogens is 1. The average Bonchev–Trinajstić information content (AvgIpc) is 3.21. The number of hydrogen-bond acceptors (Lipinski definition) is 5. The molecule has 0 saturated heterocycles. The number of nitrogens with one attached hydrogen (secondary N) is 2. The first kappa shape index (κ1) is 20.3. The van der Waals surface area contributed by atoms with Gasteiger partial charge in [0.05, 0.1) is 12.5 Å². The van der Waals surface area contributed by atoms with Crippen molar-refractivity contribution in [2.45, 2.75) is 19.0 Å². The van der Waals surface area contributed by atoms with Crippen LogP contribution in [0.3, 0.4) is 0 Å². The zero-order valence-electron chi connectivity index (χ0n) is 15.3. The Kier molecular flexibility index (Phi) is 6.75. The third-order valence-corrected chi connectivity index (χ3v) is 4.92. The molecule has 3 aromatic rings. The van der Waals surface area contributed by atoms with Gasteiger partial charge >= 0.3 is 6.03 Å². The first-order valence-electron chi connectivity index (χ1n) is 8.74. The number of aromatic nitrogens is 1. The number of carbonyl (C=O) groups is 2. The SMILES string of the molecule is NC(=O)N[C@@H](CC(=O)NCc1cccnc1Oc1cccc(F)c1)c1cccs1. The van der Waals surface area contributed by atoms with Crippen LogP contribution < -0.4 is 21.1 Å². The number of carbonyl (C=O) groups excluding carboxylic acids is 2. The quantitative estimate of drug-likeness (QED) is 0.524. The molecule has 4 N–H and O–H groups in total. The van der Waals surface area contributed by atoms with Gasteiger partial charge in [0.2, 0.25) is 11.8 Å². The van der Waals surface area contributed by atoms with Gasteiger partial charge in [-0.15, -0.1) is 11.3 Å². The van der Waals surface area contributed by atoms with Gasteiger partial charge in [-0.2, -0.15) is 0 Å². The number of hydrogen-bond donors (Lipinski definition) is 3. The van der Waals surface area contributed by atoms with Crippen molar-refractivity contribution in [3.8, 4) is 11.6 Å². The zero-order chi connectivity index (χ0) is 20.6. The van der Waals surface area contributed by atoms with Crippen LogP contribution in [0.15, 0.2) is 60.1 Å². The standard InChI is InChI=1S/C20H19FN4O3S/c21-14-5-1-6-15(10-14)28-19-13(4-2-8-23-19)12-24-18(26)11-16(25-20(22)27)17-7-3-9-29-17/h1-10,16H,11-12H2,(H,24,26)(H3,22,25,27)/t16-/m0/s1. The molecule has 0 aliphatic rings. The van der Waals surface area contributed by atoms with E-state index in [9.17, 15) is 14.0 Å². The fraction of sp³-hybridized carbons (Fsp3) is 0.150. The van der Waals surface area contributed by atoms with Crippen molar-refractivity contribution in [1.29, 1.82) is 0 Å². The summed E-state index contributed by atoms with van der Waals surface area (Å²) >= 11 is 1.42. The summed E-state index contributed by atoms with van der Waals surface area (Å²) in [5, 5.41) is 7.21. The van der Waals surface area contributed by atoms with E-state index >= 15 is 0 Å². The Morgan fingerprint density at radius 3 is 2.79 bits per heavy atom. The lowest BCUT2D eigenvalue weighted by Crippen LogP contribution is -2.36. The van der Waals surface area contributed by atoms with Gasteiger partial charge in [0, 0.05) is 29.2 Å². The van der Waals surface area contributed by atoms with E-state index in [2.05, 4.69) is 15.6 Å². The van der Waals surface area contributed by atoms with Gasteiger partial charge in [0.1, 0.15) is 11.6 Å². The summed E-state index contributed by atoms with van der Waals surface area (Å²) in [6.45, 7) is 0.158. The van der Waals surface area contributed by atoms with Gasteiger partial charge in [-0.25, -0.2) is 14.2 Å². The van der Waals surface area contributed by atoms with Crippen LogP contribution in [0.25, 0.3) is 0 Å². The number of pyridine rings is 1. The molecule has 0 unspecified atom stereocenters. The minimum atomic E-state index is -0.700. The smallest absolute Gasteiger partial charge is 0.312 e. The van der Waals surface area contributed by atoms with Gasteiger partial charge < -0.3 is 21.1 Å². The van der Waals surface area contributed by atoms with E-state index in [0.29, 0.717) is 11.3 Å². The molecule has 0 aliphatic carbocycles. The Morgan fingerprint density at radius 2 is 2.07 bits per heavy atom. The Morgan fingerprint density at radius 1 is 1.21 bits per heavy atom. The van der Waals surface area contributed by atoms with Crippen LogP contribution in [0.1, 0.15) is 22.9 Å². The largest absolute Gasteiger partial charge is 0.439 e. The number of ether oxygens (including phenoxy) is 1. The topological polar surface area (TPSA) is 106 Å². The van der Waals surface area contributed by atoms with Crippen LogP contribution in [-0.4, -0.2) is 16.9 Å². The first-order valence-corrected chi connectivity index (χ1v) is 9.62. The van der Waals surface area contributed by atoms with Crippen LogP contribution in [0.5, 0.6) is 11.6 Å². The molecule has 2 aromatic heterocycles. The maximum atomic E-state index is 13.4. The van der Waals surface area contributed by atoms with Crippen LogP contribution >= 0.6 is 11.3 Å². The molecule has 0 aliphatic heterocycles. The van der Waals surface area contributed by atoms with Gasteiger partial charge in [0.25, 0.3) is 0 Å². The highest BCUT2D eigenvalue weighted by Gasteiger charge is 2.18. The summed E-state index contributed by atoms with van der Waals surface area (Å²) in [4.78, 5) is 28.6. The van der Waals surface area contributed by atoms with Crippen molar-refractivity contribution in [3.63, 3.8) is 0 Å². The van der Waals surface area contributed by atoms with E-state index in [1.165, 1.54) is 29.5 Å². The van der Waals surface area contributed by atoms with Crippen molar-refractivity contribution < 1.29 is 18.7 Å². The van der Waals surface area contributed by atoms with Crippen molar-refractivity contribution in [3.05, 3.63) is 76.4 Å². The molecule has 0 spiro atoms. The second-order valence-electron chi connectivity index (χ2n) is 6.08. The lowest BCUT2D eigenvalue weighted by Gasteiger charge is -2.16. The minimum Gasteiger partial charge on any atom is -0.439 e.